The van der Waals surface area contributed by atoms with Crippen molar-refractivity contribution in [1.29, 1.82) is 0 Å². The Labute approximate surface area is 112 Å². The predicted octanol–water partition coefficient (Wildman–Crippen LogP) is 1.10. The number of sulfonamides is 1. The molecule has 0 heterocycles. The van der Waals surface area contributed by atoms with Gasteiger partial charge in [0.1, 0.15) is 0 Å². The molecule has 5 nitrogen and oxygen atoms in total. The number of nitrogens with zero attached hydrogens (tertiary/aromatic N) is 1. The van der Waals surface area contributed by atoms with E-state index in [1.165, 1.54) is 36.1 Å². The van der Waals surface area contributed by atoms with E-state index in [1.54, 1.807) is 7.05 Å². The average Bonchev–Trinajstić information content (AvgIpc) is 2.29. The van der Waals surface area contributed by atoms with Crippen LogP contribution in [0.15, 0.2) is 29.2 Å². The van der Waals surface area contributed by atoms with E-state index >= 15 is 0 Å². The predicted molar refractivity (Wildman–Crippen MR) is 70.0 cm³/mol. The molecule has 0 spiro atoms. The van der Waals surface area contributed by atoms with E-state index in [4.69, 9.17) is 11.6 Å². The smallest absolute Gasteiger partial charge is 0.240 e. The minimum atomic E-state index is -3.55. The number of halogens is 1. The van der Waals surface area contributed by atoms with Gasteiger partial charge in [-0.2, -0.15) is 0 Å². The number of carbonyl (C=O) groups excluding carboxylic acids is 1. The number of hydrogen-bond acceptors (Lipinski definition) is 3. The number of likely N-dealkylation sites (N-methyl/N-ethyl adjacent to an activating group) is 1. The number of amides is 1. The molecule has 1 rings (SSSR count). The quantitative estimate of drug-likeness (QED) is 0.883. The lowest BCUT2D eigenvalue weighted by Crippen LogP contribution is -2.35. The highest BCUT2D eigenvalue weighted by molar-refractivity contribution is 7.89. The number of rotatable bonds is 5. The summed E-state index contributed by atoms with van der Waals surface area (Å²) in [5, 5.41) is 0.477. The lowest BCUT2D eigenvalue weighted by molar-refractivity contribution is -0.127. The van der Waals surface area contributed by atoms with E-state index in [0.717, 1.165) is 0 Å². The third-order valence-corrected chi connectivity index (χ3v) is 4.13. The number of hydrogen-bond donors (Lipinski definition) is 1. The van der Waals surface area contributed by atoms with Crippen LogP contribution in [-0.2, 0) is 14.8 Å². The molecule has 1 amide bonds. The standard InChI is InChI=1S/C11H15ClN2O3S/c1-9(15)14(2)8-7-13-18(16,17)11-5-3-10(12)4-6-11/h3-6,13H,7-8H2,1-2H3. The van der Waals surface area contributed by atoms with E-state index in [0.29, 0.717) is 11.6 Å². The lowest BCUT2D eigenvalue weighted by atomic mass is 10.4. The van der Waals surface area contributed by atoms with Gasteiger partial charge in [0.2, 0.25) is 15.9 Å². The molecule has 0 aliphatic heterocycles. The molecule has 0 radical (unpaired) electrons. The molecule has 0 saturated carbocycles. The molecule has 7 heteroatoms. The highest BCUT2D eigenvalue weighted by Gasteiger charge is 2.13. The van der Waals surface area contributed by atoms with Gasteiger partial charge in [0.05, 0.1) is 4.90 Å². The molecule has 1 aromatic rings. The van der Waals surface area contributed by atoms with Gasteiger partial charge in [-0.15, -0.1) is 0 Å². The fourth-order valence-electron chi connectivity index (χ4n) is 1.20. The van der Waals surface area contributed by atoms with Crippen LogP contribution in [0.1, 0.15) is 6.92 Å². The molecule has 1 aromatic carbocycles. The van der Waals surface area contributed by atoms with Crippen molar-refractivity contribution >= 4 is 27.5 Å². The Hall–Kier alpha value is -1.11. The average molecular weight is 291 g/mol. The first kappa shape index (κ1) is 14.9. The topological polar surface area (TPSA) is 66.5 Å². The maximum Gasteiger partial charge on any atom is 0.240 e. The van der Waals surface area contributed by atoms with Crippen molar-refractivity contribution in [3.63, 3.8) is 0 Å². The van der Waals surface area contributed by atoms with Gasteiger partial charge in [0.15, 0.2) is 0 Å². The van der Waals surface area contributed by atoms with Crippen LogP contribution >= 0.6 is 11.6 Å². The Kier molecular flexibility index (Phi) is 5.13. The van der Waals surface area contributed by atoms with Gasteiger partial charge < -0.3 is 4.90 Å². The Bertz CT molecular complexity index is 514. The normalized spacial score (nSPS) is 11.3. The maximum absolute atomic E-state index is 11.8. The lowest BCUT2D eigenvalue weighted by Gasteiger charge is -2.15. The molecular weight excluding hydrogens is 276 g/mol. The summed E-state index contributed by atoms with van der Waals surface area (Å²) in [6, 6.07) is 5.88. The zero-order chi connectivity index (χ0) is 13.8. The monoisotopic (exact) mass is 290 g/mol. The second-order valence-electron chi connectivity index (χ2n) is 3.79. The van der Waals surface area contributed by atoms with Crippen LogP contribution in [0.4, 0.5) is 0 Å². The summed E-state index contributed by atoms with van der Waals surface area (Å²) < 4.78 is 26.1. The van der Waals surface area contributed by atoms with Crippen molar-refractivity contribution in [3.8, 4) is 0 Å². The van der Waals surface area contributed by atoms with Crippen molar-refractivity contribution in [3.05, 3.63) is 29.3 Å². The van der Waals surface area contributed by atoms with Gasteiger partial charge >= 0.3 is 0 Å². The largest absolute Gasteiger partial charge is 0.345 e. The highest BCUT2D eigenvalue weighted by atomic mass is 35.5. The second-order valence-corrected chi connectivity index (χ2v) is 6.00. The molecule has 1 N–H and O–H groups in total. The fraction of sp³-hybridized carbons (Fsp3) is 0.364. The van der Waals surface area contributed by atoms with Gasteiger partial charge in [0.25, 0.3) is 0 Å². The molecule has 100 valence electrons. The number of benzene rings is 1. The zero-order valence-electron chi connectivity index (χ0n) is 10.2. The first-order valence-corrected chi connectivity index (χ1v) is 7.16. The van der Waals surface area contributed by atoms with Gasteiger partial charge in [-0.3, -0.25) is 4.79 Å². The Morgan fingerprint density at radius 3 is 2.39 bits per heavy atom. The summed E-state index contributed by atoms with van der Waals surface area (Å²) in [6.07, 6.45) is 0. The third-order valence-electron chi connectivity index (χ3n) is 2.40. The summed E-state index contributed by atoms with van der Waals surface area (Å²) in [5.41, 5.74) is 0. The van der Waals surface area contributed by atoms with Crippen molar-refractivity contribution in [2.24, 2.45) is 0 Å². The van der Waals surface area contributed by atoms with Crippen LogP contribution in [0.2, 0.25) is 5.02 Å². The van der Waals surface area contributed by atoms with Crippen LogP contribution in [-0.4, -0.2) is 39.4 Å². The molecule has 0 saturated heterocycles. The van der Waals surface area contributed by atoms with Crippen molar-refractivity contribution < 1.29 is 13.2 Å². The van der Waals surface area contributed by atoms with Crippen molar-refractivity contribution in [2.45, 2.75) is 11.8 Å². The first-order chi connectivity index (χ1) is 8.33. The number of nitrogens with one attached hydrogen (secondary N) is 1. The molecule has 0 fully saturated rings. The zero-order valence-corrected chi connectivity index (χ0v) is 11.8. The van der Waals surface area contributed by atoms with Crippen LogP contribution in [0.5, 0.6) is 0 Å². The van der Waals surface area contributed by atoms with Crippen LogP contribution < -0.4 is 4.72 Å². The number of carbonyl (C=O) groups is 1. The Morgan fingerprint density at radius 1 is 1.33 bits per heavy atom. The summed E-state index contributed by atoms with van der Waals surface area (Å²) in [4.78, 5) is 12.5. The van der Waals surface area contributed by atoms with Gasteiger partial charge in [-0.1, -0.05) is 11.6 Å². The first-order valence-electron chi connectivity index (χ1n) is 5.30. The highest BCUT2D eigenvalue weighted by Crippen LogP contribution is 2.13. The molecule has 0 aliphatic rings. The maximum atomic E-state index is 11.8. The second kappa shape index (κ2) is 6.17. The summed E-state index contributed by atoms with van der Waals surface area (Å²) in [6.45, 7) is 1.91. The molecule has 0 bridgehead atoms. The molecule has 0 unspecified atom stereocenters. The Balaban J connectivity index is 2.60. The van der Waals surface area contributed by atoms with Crippen LogP contribution in [0, 0.1) is 0 Å². The molecular formula is C11H15ClN2O3S. The molecule has 18 heavy (non-hydrogen) atoms. The summed E-state index contributed by atoms with van der Waals surface area (Å²) >= 11 is 5.68. The van der Waals surface area contributed by atoms with Gasteiger partial charge in [0, 0.05) is 32.1 Å². The molecule has 0 atom stereocenters. The van der Waals surface area contributed by atoms with Crippen molar-refractivity contribution in [2.75, 3.05) is 20.1 Å². The Morgan fingerprint density at radius 2 is 1.89 bits per heavy atom. The molecule has 0 aromatic heterocycles. The SMILES string of the molecule is CC(=O)N(C)CCNS(=O)(=O)c1ccc(Cl)cc1. The van der Waals surface area contributed by atoms with E-state index in [-0.39, 0.29) is 17.3 Å². The van der Waals surface area contributed by atoms with Crippen LogP contribution in [0.3, 0.4) is 0 Å². The van der Waals surface area contributed by atoms with Gasteiger partial charge in [-0.25, -0.2) is 13.1 Å². The summed E-state index contributed by atoms with van der Waals surface area (Å²) in [7, 11) is -1.93. The van der Waals surface area contributed by atoms with E-state index in [1.807, 2.05) is 0 Å². The fourth-order valence-corrected chi connectivity index (χ4v) is 2.35. The van der Waals surface area contributed by atoms with Crippen molar-refractivity contribution in [1.82, 2.24) is 9.62 Å². The third kappa shape index (κ3) is 4.29. The summed E-state index contributed by atoms with van der Waals surface area (Å²) in [5.74, 6) is -0.110. The van der Waals surface area contributed by atoms with E-state index in [2.05, 4.69) is 4.72 Å². The minimum absolute atomic E-state index is 0.110. The van der Waals surface area contributed by atoms with E-state index in [9.17, 15) is 13.2 Å². The minimum Gasteiger partial charge on any atom is -0.345 e. The van der Waals surface area contributed by atoms with Gasteiger partial charge in [-0.05, 0) is 24.3 Å². The van der Waals surface area contributed by atoms with E-state index < -0.39 is 10.0 Å². The molecule has 0 aliphatic carbocycles. The van der Waals surface area contributed by atoms with Crippen LogP contribution in [0.25, 0.3) is 0 Å².